The summed E-state index contributed by atoms with van der Waals surface area (Å²) in [6.45, 7) is 7.59. The van der Waals surface area contributed by atoms with Gasteiger partial charge in [-0.15, -0.1) is 11.3 Å². The maximum absolute atomic E-state index is 14.2. The van der Waals surface area contributed by atoms with Crippen LogP contribution in [0.25, 0.3) is 0 Å². The standard InChI is InChI=1S/C39H49N5O7S/c1-24(2)17-30(35(47)39(4)23-51-39)42-37(49)32(19-27-13-9-6-10-14-27)44-25(3)18-31(38(44)50)43-36(48)29(16-15-26-11-7-5-8-12-26)41-33(46)20-28-22-52-34(21-45)40-28/h5-14,22,24-25,29-32,45H,15-21,23H2,1-4H3,(H,41,46)(H,42,49)(H,43,48)/t25?,29-,30-,31-,32-,39+/m0/s1. The van der Waals surface area contributed by atoms with Crippen LogP contribution in [0.3, 0.4) is 0 Å². The highest BCUT2D eigenvalue weighted by Crippen LogP contribution is 2.30. The summed E-state index contributed by atoms with van der Waals surface area (Å²) in [5, 5.41) is 20.2. The minimum Gasteiger partial charge on any atom is -0.389 e. The number of hydrogen-bond acceptors (Lipinski definition) is 9. The van der Waals surface area contributed by atoms with Gasteiger partial charge in [0, 0.05) is 17.8 Å². The van der Waals surface area contributed by atoms with Gasteiger partial charge in [-0.25, -0.2) is 4.98 Å². The van der Waals surface area contributed by atoms with Crippen molar-refractivity contribution in [2.24, 2.45) is 5.92 Å². The molecule has 3 heterocycles. The number of benzene rings is 2. The van der Waals surface area contributed by atoms with Crippen molar-refractivity contribution in [1.29, 1.82) is 0 Å². The van der Waals surface area contributed by atoms with Crippen molar-refractivity contribution >= 4 is 40.7 Å². The third-order valence-electron chi connectivity index (χ3n) is 9.56. The van der Waals surface area contributed by atoms with Crippen molar-refractivity contribution in [2.75, 3.05) is 6.61 Å². The first-order valence-electron chi connectivity index (χ1n) is 17.9. The van der Waals surface area contributed by atoms with Crippen LogP contribution in [-0.2, 0) is 54.6 Å². The fourth-order valence-electron chi connectivity index (χ4n) is 6.69. The number of aromatic nitrogens is 1. The first-order valence-corrected chi connectivity index (χ1v) is 18.8. The minimum atomic E-state index is -0.947. The van der Waals surface area contributed by atoms with E-state index in [0.717, 1.165) is 11.1 Å². The zero-order valence-corrected chi connectivity index (χ0v) is 31.0. The van der Waals surface area contributed by atoms with Crippen LogP contribution >= 0.6 is 11.3 Å². The Morgan fingerprint density at radius 1 is 1.00 bits per heavy atom. The third-order valence-corrected chi connectivity index (χ3v) is 10.4. The quantitative estimate of drug-likeness (QED) is 0.145. The lowest BCUT2D eigenvalue weighted by Crippen LogP contribution is -2.57. The number of nitrogens with zero attached hydrogens (tertiary/aromatic N) is 2. The second-order valence-electron chi connectivity index (χ2n) is 14.4. The molecule has 12 nitrogen and oxygen atoms in total. The summed E-state index contributed by atoms with van der Waals surface area (Å²) in [6, 6.07) is 14.9. The first-order chi connectivity index (χ1) is 24.9. The highest BCUT2D eigenvalue weighted by molar-refractivity contribution is 7.09. The van der Waals surface area contributed by atoms with Crippen molar-refractivity contribution in [3.05, 3.63) is 87.9 Å². The molecule has 1 aromatic heterocycles. The summed E-state index contributed by atoms with van der Waals surface area (Å²) in [4.78, 5) is 74.5. The van der Waals surface area contributed by atoms with Gasteiger partial charge in [-0.2, -0.15) is 0 Å². The number of aliphatic hydroxyl groups excluding tert-OH is 1. The molecule has 2 aliphatic rings. The topological polar surface area (TPSA) is 170 Å². The van der Waals surface area contributed by atoms with Crippen molar-refractivity contribution in [3.8, 4) is 0 Å². The summed E-state index contributed by atoms with van der Waals surface area (Å²) in [6.07, 6.45) is 1.61. The predicted octanol–water partition coefficient (Wildman–Crippen LogP) is 2.90. The highest BCUT2D eigenvalue weighted by atomic mass is 32.1. The summed E-state index contributed by atoms with van der Waals surface area (Å²) >= 11 is 1.25. The number of amides is 4. The molecule has 6 atom stereocenters. The number of ketones is 1. The maximum atomic E-state index is 14.2. The zero-order chi connectivity index (χ0) is 37.4. The van der Waals surface area contributed by atoms with Gasteiger partial charge in [0.15, 0.2) is 5.78 Å². The molecule has 3 aromatic rings. The number of nitrogens with one attached hydrogen (secondary N) is 3. The van der Waals surface area contributed by atoms with Gasteiger partial charge in [-0.3, -0.25) is 24.0 Å². The largest absolute Gasteiger partial charge is 0.389 e. The Bertz CT molecular complexity index is 1710. The fourth-order valence-corrected chi connectivity index (χ4v) is 7.34. The normalized spacial score (nSPS) is 21.3. The lowest BCUT2D eigenvalue weighted by Gasteiger charge is -2.33. The van der Waals surface area contributed by atoms with Gasteiger partial charge in [-0.05, 0) is 56.6 Å². The van der Waals surface area contributed by atoms with Gasteiger partial charge in [0.1, 0.15) is 28.7 Å². The molecule has 4 amide bonds. The Balaban J connectivity index is 1.32. The average molecular weight is 732 g/mol. The Hall–Kier alpha value is -4.46. The summed E-state index contributed by atoms with van der Waals surface area (Å²) in [5.74, 6) is -1.84. The number of rotatable bonds is 18. The molecule has 0 saturated carbocycles. The molecule has 0 spiro atoms. The molecule has 1 unspecified atom stereocenters. The zero-order valence-electron chi connectivity index (χ0n) is 30.2. The molecule has 2 fully saturated rings. The molecule has 2 saturated heterocycles. The van der Waals surface area contributed by atoms with Crippen LogP contribution in [0.15, 0.2) is 66.0 Å². The van der Waals surface area contributed by atoms with E-state index >= 15 is 0 Å². The molecule has 0 bridgehead atoms. The van der Waals surface area contributed by atoms with Crippen molar-refractivity contribution < 1.29 is 33.8 Å². The SMILES string of the molecule is CC(C)C[C@H](NC(=O)[C@H](Cc1ccccc1)N1C(=O)[C@@H](NC(=O)[C@H](CCc2ccccc2)NC(=O)Cc2csc(CO)n2)CC1C)C(=O)[C@@]1(C)CO1. The molecule has 2 aliphatic heterocycles. The van der Waals surface area contributed by atoms with Crippen molar-refractivity contribution in [1.82, 2.24) is 25.8 Å². The van der Waals surface area contributed by atoms with Gasteiger partial charge < -0.3 is 30.7 Å². The van der Waals surface area contributed by atoms with Crippen LogP contribution in [0.4, 0.5) is 0 Å². The van der Waals surface area contributed by atoms with E-state index in [4.69, 9.17) is 4.74 Å². The number of ether oxygens (including phenoxy) is 1. The monoisotopic (exact) mass is 731 g/mol. The van der Waals surface area contributed by atoms with Gasteiger partial charge in [0.05, 0.1) is 31.4 Å². The molecule has 0 aliphatic carbocycles. The van der Waals surface area contributed by atoms with Crippen molar-refractivity contribution in [2.45, 2.75) is 109 Å². The highest BCUT2D eigenvalue weighted by Gasteiger charge is 2.51. The number of epoxide rings is 1. The van der Waals surface area contributed by atoms with E-state index in [-0.39, 0.29) is 44.0 Å². The van der Waals surface area contributed by atoms with Crippen LogP contribution in [0.1, 0.15) is 68.8 Å². The van der Waals surface area contributed by atoms with Gasteiger partial charge >= 0.3 is 0 Å². The second kappa shape index (κ2) is 17.4. The van der Waals surface area contributed by atoms with Gasteiger partial charge in [0.25, 0.3) is 0 Å². The number of aryl methyl sites for hydroxylation is 1. The number of likely N-dealkylation sites (tertiary alicyclic amines) is 1. The van der Waals surface area contributed by atoms with Crippen molar-refractivity contribution in [3.63, 3.8) is 0 Å². The van der Waals surface area contributed by atoms with E-state index in [1.165, 1.54) is 16.2 Å². The lowest BCUT2D eigenvalue weighted by atomic mass is 9.92. The number of hydrogen-bond donors (Lipinski definition) is 4. The molecule has 4 N–H and O–H groups in total. The number of Topliss-reactive ketones (excluding diaryl/α,β-unsaturated/α-hetero) is 1. The Morgan fingerprint density at radius 2 is 1.65 bits per heavy atom. The molecule has 13 heteroatoms. The van der Waals surface area contributed by atoms with Crippen LogP contribution in [0.2, 0.25) is 0 Å². The smallest absolute Gasteiger partial charge is 0.246 e. The third kappa shape index (κ3) is 10.1. The van der Waals surface area contributed by atoms with E-state index in [2.05, 4.69) is 20.9 Å². The second-order valence-corrected chi connectivity index (χ2v) is 15.3. The maximum Gasteiger partial charge on any atom is 0.246 e. The number of carbonyl (C=O) groups excluding carboxylic acids is 5. The van der Waals surface area contributed by atoms with E-state index in [0.29, 0.717) is 30.2 Å². The number of aliphatic hydroxyl groups is 1. The Morgan fingerprint density at radius 3 is 2.25 bits per heavy atom. The summed E-state index contributed by atoms with van der Waals surface area (Å²) in [7, 11) is 0. The molecular formula is C39H49N5O7S. The van der Waals surface area contributed by atoms with E-state index < -0.39 is 59.4 Å². The summed E-state index contributed by atoms with van der Waals surface area (Å²) in [5.41, 5.74) is 1.39. The van der Waals surface area contributed by atoms with Crippen LogP contribution in [-0.4, -0.2) is 86.8 Å². The van der Waals surface area contributed by atoms with E-state index in [9.17, 15) is 29.1 Å². The predicted molar refractivity (Wildman–Crippen MR) is 196 cm³/mol. The first kappa shape index (κ1) is 38.8. The molecule has 2 aromatic carbocycles. The van der Waals surface area contributed by atoms with Gasteiger partial charge in [-0.1, -0.05) is 74.5 Å². The molecule has 0 radical (unpaired) electrons. The van der Waals surface area contributed by atoms with E-state index in [1.807, 2.05) is 81.4 Å². The Labute approximate surface area is 308 Å². The van der Waals surface area contributed by atoms with Crippen LogP contribution in [0, 0.1) is 5.92 Å². The number of thiazole rings is 1. The lowest BCUT2D eigenvalue weighted by molar-refractivity contribution is -0.142. The Kier molecular flexibility index (Phi) is 12.9. The molecule has 52 heavy (non-hydrogen) atoms. The minimum absolute atomic E-state index is 0.0688. The van der Waals surface area contributed by atoms with Gasteiger partial charge in [0.2, 0.25) is 23.6 Å². The average Bonchev–Trinajstić information content (AvgIpc) is 3.61. The summed E-state index contributed by atoms with van der Waals surface area (Å²) < 4.78 is 5.42. The molecular weight excluding hydrogens is 683 g/mol. The molecule has 5 rings (SSSR count). The van der Waals surface area contributed by atoms with Crippen LogP contribution < -0.4 is 16.0 Å². The molecule has 278 valence electrons. The van der Waals surface area contributed by atoms with Crippen LogP contribution in [0.5, 0.6) is 0 Å². The fraction of sp³-hybridized carbons (Fsp3) is 0.487. The van der Waals surface area contributed by atoms with E-state index in [1.54, 1.807) is 12.3 Å². The number of carbonyl (C=O) groups is 5.